The number of carbonyl (C=O) groups excluding carboxylic acids is 3. The van der Waals surface area contributed by atoms with E-state index in [0.29, 0.717) is 4.47 Å². The molecule has 1 aliphatic carbocycles. The first-order chi connectivity index (χ1) is 17.1. The molecule has 1 heterocycles. The van der Waals surface area contributed by atoms with Crippen molar-refractivity contribution in [2.24, 2.45) is 5.10 Å². The Labute approximate surface area is 211 Å². The van der Waals surface area contributed by atoms with Crippen LogP contribution in [0.3, 0.4) is 0 Å². The lowest BCUT2D eigenvalue weighted by Crippen LogP contribution is -2.58. The number of alkyl halides is 7. The number of benzene rings is 1. The number of hydrazine groups is 1. The number of hydrazone groups is 1. The molecule has 0 atom stereocenters. The van der Waals surface area contributed by atoms with Crippen LogP contribution in [0.5, 0.6) is 0 Å². The van der Waals surface area contributed by atoms with E-state index in [4.69, 9.17) is 4.42 Å². The SMILES string of the molecule is Cc1c(C(=O)NNC(=O)c2ccccc2Br)oc2c1/C(=N/NC(=O)C(F)(F)C(F)(F)C(F)(F)F)CCC2. The van der Waals surface area contributed by atoms with Gasteiger partial charge in [-0.1, -0.05) is 12.1 Å². The molecule has 0 aliphatic heterocycles. The first kappa shape index (κ1) is 28.1. The Morgan fingerprint density at radius 2 is 1.59 bits per heavy atom. The summed E-state index contributed by atoms with van der Waals surface area (Å²) in [6, 6.07) is 6.33. The third-order valence-corrected chi connectivity index (χ3v) is 5.96. The lowest BCUT2D eigenvalue weighted by atomic mass is 9.93. The number of rotatable bonds is 5. The van der Waals surface area contributed by atoms with E-state index in [2.05, 4.69) is 31.9 Å². The van der Waals surface area contributed by atoms with Crippen molar-refractivity contribution >= 4 is 39.4 Å². The Kier molecular flexibility index (Phi) is 7.72. The second-order valence-electron chi connectivity index (χ2n) is 7.74. The normalized spacial score (nSPS) is 15.2. The predicted molar refractivity (Wildman–Crippen MR) is 116 cm³/mol. The highest BCUT2D eigenvalue weighted by Gasteiger charge is 2.76. The summed E-state index contributed by atoms with van der Waals surface area (Å²) in [7, 11) is 0. The summed E-state index contributed by atoms with van der Waals surface area (Å²) in [6.45, 7) is 1.36. The molecule has 0 saturated heterocycles. The molecule has 0 spiro atoms. The second-order valence-corrected chi connectivity index (χ2v) is 8.60. The van der Waals surface area contributed by atoms with Crippen molar-refractivity contribution in [1.82, 2.24) is 16.3 Å². The van der Waals surface area contributed by atoms with E-state index < -0.39 is 35.7 Å². The van der Waals surface area contributed by atoms with Crippen LogP contribution in [-0.2, 0) is 11.2 Å². The van der Waals surface area contributed by atoms with E-state index in [1.165, 1.54) is 13.0 Å². The molecule has 0 bridgehead atoms. The summed E-state index contributed by atoms with van der Waals surface area (Å²) >= 11 is 3.18. The van der Waals surface area contributed by atoms with Crippen molar-refractivity contribution in [3.8, 4) is 0 Å². The average molecular weight is 601 g/mol. The highest BCUT2D eigenvalue weighted by atomic mass is 79.9. The van der Waals surface area contributed by atoms with Gasteiger partial charge in [-0.05, 0) is 47.8 Å². The lowest BCUT2D eigenvalue weighted by Gasteiger charge is -2.26. The second kappa shape index (κ2) is 10.1. The molecule has 37 heavy (non-hydrogen) atoms. The zero-order valence-corrected chi connectivity index (χ0v) is 20.1. The van der Waals surface area contributed by atoms with Gasteiger partial charge in [0.2, 0.25) is 0 Å². The van der Waals surface area contributed by atoms with Crippen LogP contribution in [0.25, 0.3) is 0 Å². The summed E-state index contributed by atoms with van der Waals surface area (Å²) in [4.78, 5) is 36.4. The largest absolute Gasteiger partial charge is 0.460 e. The van der Waals surface area contributed by atoms with Crippen molar-refractivity contribution in [3.05, 3.63) is 56.9 Å². The summed E-state index contributed by atoms with van der Waals surface area (Å²) < 4.78 is 96.2. The van der Waals surface area contributed by atoms with Gasteiger partial charge in [0.25, 0.3) is 5.91 Å². The van der Waals surface area contributed by atoms with Crippen LogP contribution < -0.4 is 16.3 Å². The van der Waals surface area contributed by atoms with Gasteiger partial charge in [0.05, 0.1) is 11.3 Å². The van der Waals surface area contributed by atoms with Gasteiger partial charge in [-0.2, -0.15) is 35.8 Å². The monoisotopic (exact) mass is 600 g/mol. The zero-order chi connectivity index (χ0) is 27.8. The van der Waals surface area contributed by atoms with Crippen LogP contribution in [-0.4, -0.2) is 41.5 Å². The van der Waals surface area contributed by atoms with Crippen LogP contribution in [0.15, 0.2) is 38.3 Å². The maximum Gasteiger partial charge on any atom is 0.460 e. The first-order valence-electron chi connectivity index (χ1n) is 10.3. The number of nitrogens with one attached hydrogen (secondary N) is 3. The van der Waals surface area contributed by atoms with Gasteiger partial charge in [0.1, 0.15) is 5.76 Å². The number of fused-ring (bicyclic) bond motifs is 1. The number of nitrogens with zero attached hydrogens (tertiary/aromatic N) is 1. The van der Waals surface area contributed by atoms with E-state index >= 15 is 0 Å². The van der Waals surface area contributed by atoms with Crippen LogP contribution in [0, 0.1) is 6.92 Å². The Balaban J connectivity index is 1.78. The molecule has 8 nitrogen and oxygen atoms in total. The minimum absolute atomic E-state index is 0.00524. The molecule has 16 heteroatoms. The van der Waals surface area contributed by atoms with Crippen LogP contribution in [0.4, 0.5) is 30.7 Å². The molecule has 0 radical (unpaired) electrons. The maximum absolute atomic E-state index is 13.6. The number of hydrogen-bond donors (Lipinski definition) is 3. The van der Waals surface area contributed by atoms with Crippen molar-refractivity contribution in [2.75, 3.05) is 0 Å². The van der Waals surface area contributed by atoms with Gasteiger partial charge >= 0.3 is 29.8 Å². The average Bonchev–Trinajstić information content (AvgIpc) is 3.17. The van der Waals surface area contributed by atoms with Crippen molar-refractivity contribution in [2.45, 2.75) is 44.2 Å². The van der Waals surface area contributed by atoms with E-state index in [1.54, 1.807) is 18.2 Å². The maximum atomic E-state index is 13.6. The molecule has 1 aliphatic rings. The molecule has 0 saturated carbocycles. The molecule has 200 valence electrons. The van der Waals surface area contributed by atoms with Crippen molar-refractivity contribution in [1.29, 1.82) is 0 Å². The highest BCUT2D eigenvalue weighted by Crippen LogP contribution is 2.46. The third-order valence-electron chi connectivity index (χ3n) is 5.27. The van der Waals surface area contributed by atoms with Crippen molar-refractivity contribution < 1.29 is 49.5 Å². The minimum atomic E-state index is -6.69. The van der Waals surface area contributed by atoms with Crippen LogP contribution in [0.1, 0.15) is 50.6 Å². The van der Waals surface area contributed by atoms with E-state index in [0.717, 1.165) is 5.43 Å². The smallest absolute Gasteiger partial charge is 0.455 e. The number of amides is 3. The molecule has 3 amide bonds. The van der Waals surface area contributed by atoms with Crippen LogP contribution >= 0.6 is 15.9 Å². The van der Waals surface area contributed by atoms with Gasteiger partial charge < -0.3 is 4.42 Å². The Morgan fingerprint density at radius 3 is 2.22 bits per heavy atom. The quantitative estimate of drug-likeness (QED) is 0.348. The number of aryl methyl sites for hydroxylation is 1. The predicted octanol–water partition coefficient (Wildman–Crippen LogP) is 4.41. The van der Waals surface area contributed by atoms with Gasteiger partial charge in [-0.15, -0.1) is 0 Å². The van der Waals surface area contributed by atoms with E-state index in [9.17, 15) is 45.1 Å². The lowest BCUT2D eigenvalue weighted by molar-refractivity contribution is -0.344. The highest BCUT2D eigenvalue weighted by molar-refractivity contribution is 9.10. The van der Waals surface area contributed by atoms with Crippen molar-refractivity contribution in [3.63, 3.8) is 0 Å². The third kappa shape index (κ3) is 5.33. The fraction of sp³-hybridized carbons (Fsp3) is 0.333. The fourth-order valence-corrected chi connectivity index (χ4v) is 3.85. The molecule has 1 aromatic carbocycles. The number of carbonyl (C=O) groups is 3. The standard InChI is InChI=1S/C21H16BrF7N4O4/c1-9-14-12(30-33-18(36)19(23,24)20(25,26)21(27,28)29)7-4-8-13(14)37-15(9)17(35)32-31-16(34)10-5-2-3-6-11(10)22/h2-3,5-6H,4,7-8H2,1H3,(H,31,34)(H,32,35)(H,33,36)/b30-12+. The van der Waals surface area contributed by atoms with Crippen LogP contribution in [0.2, 0.25) is 0 Å². The molecule has 0 unspecified atom stereocenters. The molecule has 3 N–H and O–H groups in total. The van der Waals surface area contributed by atoms with E-state index in [-0.39, 0.29) is 53.2 Å². The molecular weight excluding hydrogens is 585 g/mol. The number of furan rings is 1. The van der Waals surface area contributed by atoms with Gasteiger partial charge in [-0.25, -0.2) is 5.43 Å². The Morgan fingerprint density at radius 1 is 0.973 bits per heavy atom. The summed E-state index contributed by atoms with van der Waals surface area (Å²) in [5, 5.41) is 3.31. The Bertz CT molecular complexity index is 1270. The van der Waals surface area contributed by atoms with E-state index in [1.807, 2.05) is 0 Å². The molecule has 2 aromatic rings. The number of halogens is 8. The summed E-state index contributed by atoms with van der Waals surface area (Å²) in [5.74, 6) is -17.5. The molecular formula is C21H16BrF7N4O4. The van der Waals surface area contributed by atoms with Gasteiger partial charge in [0.15, 0.2) is 5.76 Å². The molecule has 0 fully saturated rings. The number of hydrogen-bond acceptors (Lipinski definition) is 5. The Hall–Kier alpha value is -3.43. The summed E-state index contributed by atoms with van der Waals surface area (Å²) in [5.41, 5.74) is 5.58. The summed E-state index contributed by atoms with van der Waals surface area (Å²) in [6.07, 6.45) is -6.19. The van der Waals surface area contributed by atoms with Gasteiger partial charge in [-0.3, -0.25) is 25.2 Å². The first-order valence-corrected chi connectivity index (χ1v) is 11.1. The molecule has 3 rings (SSSR count). The zero-order valence-electron chi connectivity index (χ0n) is 18.5. The molecule has 1 aromatic heterocycles. The topological polar surface area (TPSA) is 113 Å². The minimum Gasteiger partial charge on any atom is -0.455 e. The van der Waals surface area contributed by atoms with Gasteiger partial charge in [0, 0.05) is 22.0 Å². The fourth-order valence-electron chi connectivity index (χ4n) is 3.39.